The summed E-state index contributed by atoms with van der Waals surface area (Å²) >= 11 is 0. The Morgan fingerprint density at radius 3 is 2.54 bits per heavy atom. The maximum absolute atomic E-state index is 12.7. The maximum atomic E-state index is 12.7. The van der Waals surface area contributed by atoms with Gasteiger partial charge in [-0.2, -0.15) is 13.2 Å². The second-order valence-electron chi connectivity index (χ2n) is 6.47. The van der Waals surface area contributed by atoms with Crippen molar-refractivity contribution in [2.75, 3.05) is 13.1 Å². The van der Waals surface area contributed by atoms with Gasteiger partial charge >= 0.3 is 12.1 Å². The minimum absolute atomic E-state index is 0.132. The molecule has 1 amide bonds. The van der Waals surface area contributed by atoms with E-state index in [2.05, 4.69) is 0 Å². The smallest absolute Gasteiger partial charge is 0.416 e. The number of nitrogens with zero attached hydrogens (tertiary/aromatic N) is 1. The number of aliphatic carboxylic acids is 1. The molecule has 1 saturated heterocycles. The number of likely N-dealkylation sites (tertiary alicyclic amines) is 1. The number of carbonyl (C=O) groups excluding carboxylic acids is 1. The first kappa shape index (κ1) is 18.3. The van der Waals surface area contributed by atoms with Crippen molar-refractivity contribution in [3.8, 4) is 0 Å². The van der Waals surface area contributed by atoms with Gasteiger partial charge in [0.15, 0.2) is 0 Å². The number of carboxylic acids is 1. The van der Waals surface area contributed by atoms with Crippen LogP contribution in [0.4, 0.5) is 13.2 Å². The molecule has 132 valence electrons. The fourth-order valence-corrected chi connectivity index (χ4v) is 3.10. The minimum atomic E-state index is -4.41. The van der Waals surface area contributed by atoms with Crippen LogP contribution in [0.25, 0.3) is 0 Å². The zero-order valence-electron chi connectivity index (χ0n) is 13.5. The molecule has 1 N–H and O–H groups in total. The molecule has 1 aromatic carbocycles. The number of carboxylic acid groups (broad SMARTS) is 1. The van der Waals surface area contributed by atoms with E-state index >= 15 is 0 Å². The molecule has 1 fully saturated rings. The SMILES string of the molecule is CC(Cc1cccc(C(F)(F)F)c1)C(=O)N1C[C@@H](C)[C@H](C(=O)O)C1. The molecule has 0 bridgehead atoms. The molecule has 0 radical (unpaired) electrons. The first-order chi connectivity index (χ1) is 11.1. The quantitative estimate of drug-likeness (QED) is 0.914. The summed E-state index contributed by atoms with van der Waals surface area (Å²) in [6.07, 6.45) is -4.23. The molecule has 2 rings (SSSR count). The molecular weight excluding hydrogens is 323 g/mol. The van der Waals surface area contributed by atoms with Crippen LogP contribution < -0.4 is 0 Å². The molecule has 1 aliphatic rings. The number of hydrogen-bond acceptors (Lipinski definition) is 2. The molecule has 1 aliphatic heterocycles. The summed E-state index contributed by atoms with van der Waals surface area (Å²) in [7, 11) is 0. The second-order valence-corrected chi connectivity index (χ2v) is 6.47. The summed E-state index contributed by atoms with van der Waals surface area (Å²) in [6.45, 7) is 3.95. The van der Waals surface area contributed by atoms with Crippen molar-refractivity contribution in [1.29, 1.82) is 0 Å². The van der Waals surface area contributed by atoms with E-state index in [-0.39, 0.29) is 24.8 Å². The Morgan fingerprint density at radius 1 is 1.33 bits per heavy atom. The summed E-state index contributed by atoms with van der Waals surface area (Å²) < 4.78 is 38.2. The van der Waals surface area contributed by atoms with Crippen molar-refractivity contribution in [1.82, 2.24) is 4.90 Å². The van der Waals surface area contributed by atoms with Gasteiger partial charge in [0.2, 0.25) is 5.91 Å². The number of hydrogen-bond donors (Lipinski definition) is 1. The number of carbonyl (C=O) groups is 2. The Hall–Kier alpha value is -2.05. The lowest BCUT2D eigenvalue weighted by molar-refractivity contribution is -0.142. The Kier molecular flexibility index (Phi) is 5.20. The second kappa shape index (κ2) is 6.83. The maximum Gasteiger partial charge on any atom is 0.416 e. The summed E-state index contributed by atoms with van der Waals surface area (Å²) in [4.78, 5) is 25.1. The predicted molar refractivity (Wildman–Crippen MR) is 81.2 cm³/mol. The van der Waals surface area contributed by atoms with E-state index < -0.39 is 29.5 Å². The third-order valence-electron chi connectivity index (χ3n) is 4.46. The van der Waals surface area contributed by atoms with Crippen LogP contribution in [0.3, 0.4) is 0 Å². The van der Waals surface area contributed by atoms with Gasteiger partial charge in [0, 0.05) is 19.0 Å². The standard InChI is InChI=1S/C17H20F3NO3/c1-10(6-12-4-3-5-13(7-12)17(18,19)20)15(22)21-8-11(2)14(9-21)16(23)24/h3-5,7,10-11,14H,6,8-9H2,1-2H3,(H,23,24)/t10?,11-,14-/m1/s1. The van der Waals surface area contributed by atoms with Crippen LogP contribution in [0.5, 0.6) is 0 Å². The highest BCUT2D eigenvalue weighted by molar-refractivity contribution is 5.81. The largest absolute Gasteiger partial charge is 0.481 e. The van der Waals surface area contributed by atoms with E-state index in [9.17, 15) is 22.8 Å². The molecule has 3 atom stereocenters. The van der Waals surface area contributed by atoms with Crippen LogP contribution in [-0.2, 0) is 22.2 Å². The molecule has 0 saturated carbocycles. The fourth-order valence-electron chi connectivity index (χ4n) is 3.10. The molecule has 4 nitrogen and oxygen atoms in total. The molecule has 1 aromatic rings. The van der Waals surface area contributed by atoms with Gasteiger partial charge in [-0.1, -0.05) is 32.0 Å². The van der Waals surface area contributed by atoms with E-state index in [1.165, 1.54) is 11.0 Å². The summed E-state index contributed by atoms with van der Waals surface area (Å²) in [5.74, 6) is -2.37. The number of rotatable bonds is 4. The predicted octanol–water partition coefficient (Wildman–Crippen LogP) is 3.06. The third-order valence-corrected chi connectivity index (χ3v) is 4.46. The molecule has 7 heteroatoms. The lowest BCUT2D eigenvalue weighted by atomic mass is 9.98. The van der Waals surface area contributed by atoms with E-state index in [0.29, 0.717) is 12.1 Å². The van der Waals surface area contributed by atoms with Gasteiger partial charge in [-0.25, -0.2) is 0 Å². The minimum Gasteiger partial charge on any atom is -0.481 e. The molecule has 1 unspecified atom stereocenters. The zero-order chi connectivity index (χ0) is 18.1. The molecule has 0 spiro atoms. The van der Waals surface area contributed by atoms with Gasteiger partial charge in [-0.05, 0) is 24.0 Å². The lowest BCUT2D eigenvalue weighted by Gasteiger charge is -2.21. The van der Waals surface area contributed by atoms with Crippen LogP contribution in [0.2, 0.25) is 0 Å². The highest BCUT2D eigenvalue weighted by Crippen LogP contribution is 2.30. The fraction of sp³-hybridized carbons (Fsp3) is 0.529. The van der Waals surface area contributed by atoms with Gasteiger partial charge in [0.25, 0.3) is 0 Å². The van der Waals surface area contributed by atoms with Crippen molar-refractivity contribution in [3.05, 3.63) is 35.4 Å². The van der Waals surface area contributed by atoms with Crippen LogP contribution in [0.1, 0.15) is 25.0 Å². The molecular formula is C17H20F3NO3. The Morgan fingerprint density at radius 2 is 2.00 bits per heavy atom. The summed E-state index contributed by atoms with van der Waals surface area (Å²) in [5, 5.41) is 9.12. The van der Waals surface area contributed by atoms with Crippen LogP contribution in [0, 0.1) is 17.8 Å². The first-order valence-corrected chi connectivity index (χ1v) is 7.77. The molecule has 24 heavy (non-hydrogen) atoms. The van der Waals surface area contributed by atoms with Crippen molar-refractivity contribution in [3.63, 3.8) is 0 Å². The van der Waals surface area contributed by atoms with Gasteiger partial charge in [0.1, 0.15) is 0 Å². The number of alkyl halides is 3. The monoisotopic (exact) mass is 343 g/mol. The first-order valence-electron chi connectivity index (χ1n) is 7.77. The van der Waals surface area contributed by atoms with Crippen molar-refractivity contribution in [2.45, 2.75) is 26.4 Å². The van der Waals surface area contributed by atoms with Crippen LogP contribution in [-0.4, -0.2) is 35.0 Å². The van der Waals surface area contributed by atoms with Gasteiger partial charge in [-0.15, -0.1) is 0 Å². The van der Waals surface area contributed by atoms with Crippen molar-refractivity contribution >= 4 is 11.9 Å². The van der Waals surface area contributed by atoms with Gasteiger partial charge in [-0.3, -0.25) is 9.59 Å². The molecule has 1 heterocycles. The normalized spacial score (nSPS) is 22.5. The van der Waals surface area contributed by atoms with Gasteiger partial charge < -0.3 is 10.0 Å². The third kappa shape index (κ3) is 4.07. The van der Waals surface area contributed by atoms with Crippen molar-refractivity contribution in [2.24, 2.45) is 17.8 Å². The highest BCUT2D eigenvalue weighted by Gasteiger charge is 2.38. The average molecular weight is 343 g/mol. The number of benzene rings is 1. The molecule has 0 aliphatic carbocycles. The van der Waals surface area contributed by atoms with E-state index in [0.717, 1.165) is 12.1 Å². The number of amides is 1. The molecule has 0 aromatic heterocycles. The van der Waals surface area contributed by atoms with E-state index in [4.69, 9.17) is 5.11 Å². The Bertz CT molecular complexity index is 630. The lowest BCUT2D eigenvalue weighted by Crippen LogP contribution is -2.35. The van der Waals surface area contributed by atoms with Crippen LogP contribution >= 0.6 is 0 Å². The highest BCUT2D eigenvalue weighted by atomic mass is 19.4. The summed E-state index contributed by atoms with van der Waals surface area (Å²) in [6, 6.07) is 4.94. The average Bonchev–Trinajstić information content (AvgIpc) is 2.88. The summed E-state index contributed by atoms with van der Waals surface area (Å²) in [5.41, 5.74) is -0.298. The Balaban J connectivity index is 2.04. The topological polar surface area (TPSA) is 57.6 Å². The Labute approximate surface area is 138 Å². The van der Waals surface area contributed by atoms with Gasteiger partial charge in [0.05, 0.1) is 11.5 Å². The number of halogens is 3. The van der Waals surface area contributed by atoms with Crippen LogP contribution in [0.15, 0.2) is 24.3 Å². The van der Waals surface area contributed by atoms with Crippen molar-refractivity contribution < 1.29 is 27.9 Å². The van der Waals surface area contributed by atoms with E-state index in [1.807, 2.05) is 0 Å². The van der Waals surface area contributed by atoms with E-state index in [1.54, 1.807) is 19.9 Å². The zero-order valence-corrected chi connectivity index (χ0v) is 13.5.